The summed E-state index contributed by atoms with van der Waals surface area (Å²) in [5, 5.41) is 6.06. The molecule has 1 rings (SSSR count). The van der Waals surface area contributed by atoms with Gasteiger partial charge in [-0.3, -0.25) is 38.4 Å². The van der Waals surface area contributed by atoms with E-state index in [4.69, 9.17) is 0 Å². The Morgan fingerprint density at radius 3 is 1.13 bits per heavy atom. The molecule has 0 atom stereocenters. The lowest BCUT2D eigenvalue weighted by atomic mass is 10.1. The van der Waals surface area contributed by atoms with Gasteiger partial charge in [-0.1, -0.05) is 27.7 Å². The van der Waals surface area contributed by atoms with Crippen LogP contribution in [0.3, 0.4) is 0 Å². The topological polar surface area (TPSA) is 150 Å². The van der Waals surface area contributed by atoms with Crippen LogP contribution in [-0.2, 0) is 38.4 Å². The molecule has 0 aliphatic carbocycles. The number of ketones is 4. The van der Waals surface area contributed by atoms with Crippen LogP contribution in [0.5, 0.6) is 0 Å². The van der Waals surface area contributed by atoms with Gasteiger partial charge < -0.3 is 9.80 Å². The second-order valence-electron chi connectivity index (χ2n) is 10.8. The van der Waals surface area contributed by atoms with Crippen molar-refractivity contribution in [2.75, 3.05) is 44.4 Å². The molecule has 0 radical (unpaired) electrons. The molecular weight excluding hydrogens is 645 g/mol. The van der Waals surface area contributed by atoms with Gasteiger partial charge in [-0.2, -0.15) is 0 Å². The summed E-state index contributed by atoms with van der Waals surface area (Å²) in [6, 6.07) is 0. The Hall–Kier alpha value is -3.26. The molecule has 262 valence electrons. The van der Waals surface area contributed by atoms with E-state index in [0.29, 0.717) is 30.8 Å². The molecule has 0 bridgehead atoms. The van der Waals surface area contributed by atoms with Crippen molar-refractivity contribution in [3.8, 4) is 0 Å². The van der Waals surface area contributed by atoms with Crippen LogP contribution >= 0.6 is 23.5 Å². The summed E-state index contributed by atoms with van der Waals surface area (Å²) in [7, 11) is 0. The predicted molar refractivity (Wildman–Crippen MR) is 184 cm³/mol. The van der Waals surface area contributed by atoms with Crippen molar-refractivity contribution in [1.29, 1.82) is 0 Å². The van der Waals surface area contributed by atoms with Crippen LogP contribution in [0.2, 0.25) is 0 Å². The zero-order valence-corrected chi connectivity index (χ0v) is 29.8. The minimum atomic E-state index is -0.556. The third-order valence-electron chi connectivity index (χ3n) is 7.55. The van der Waals surface area contributed by atoms with E-state index < -0.39 is 11.8 Å². The van der Waals surface area contributed by atoms with Gasteiger partial charge in [0.1, 0.15) is 23.1 Å². The van der Waals surface area contributed by atoms with Crippen LogP contribution in [0.25, 0.3) is 0 Å². The monoisotopic (exact) mass is 694 g/mol. The van der Waals surface area contributed by atoms with Crippen molar-refractivity contribution >= 4 is 70.3 Å². The van der Waals surface area contributed by atoms with E-state index in [9.17, 15) is 38.4 Å². The van der Waals surface area contributed by atoms with E-state index >= 15 is 0 Å². The highest BCUT2D eigenvalue weighted by molar-refractivity contribution is 8.18. The van der Waals surface area contributed by atoms with E-state index in [2.05, 4.69) is 0 Å². The highest BCUT2D eigenvalue weighted by Gasteiger charge is 2.27. The molecule has 1 heterocycles. The van der Waals surface area contributed by atoms with Crippen molar-refractivity contribution in [2.24, 2.45) is 0 Å². The minimum absolute atomic E-state index is 0.0205. The molecule has 0 unspecified atom stereocenters. The number of Topliss-reactive ketones (excluding diaryl/α,β-unsaturated/α-hetero) is 4. The fourth-order valence-corrected chi connectivity index (χ4v) is 5.76. The summed E-state index contributed by atoms with van der Waals surface area (Å²) >= 11 is 2.72. The first-order valence-electron chi connectivity index (χ1n) is 16.3. The van der Waals surface area contributed by atoms with Gasteiger partial charge in [0.15, 0.2) is 0 Å². The Kier molecular flexibility index (Phi) is 21.3. The van der Waals surface area contributed by atoms with Crippen LogP contribution in [0.15, 0.2) is 23.0 Å². The third kappa shape index (κ3) is 16.9. The predicted octanol–water partition coefficient (Wildman–Crippen LogP) is 3.94. The standard InChI is InChI=1S/C33H50N4O8S2/c1-5-26(38)9-17-34(18-10-27(39)6-2)30(42)13-21-36-32(44)15-23-46-25-47-24-16-33(45)37(36)22-14-31(43)35(19-11-28(40)7-3)20-12-29(41)8-4/h15-16,23-24H,5-14,17-22,25H2,1-4H3. The molecule has 0 saturated heterocycles. The van der Waals surface area contributed by atoms with Gasteiger partial charge in [0.2, 0.25) is 11.8 Å². The Balaban J connectivity index is 3.24. The number of hydrazine groups is 1. The van der Waals surface area contributed by atoms with Gasteiger partial charge in [0, 0.05) is 108 Å². The molecule has 0 aromatic rings. The average molecular weight is 695 g/mol. The fourth-order valence-electron chi connectivity index (χ4n) is 4.39. The number of rotatable bonds is 22. The Morgan fingerprint density at radius 2 is 0.851 bits per heavy atom. The largest absolute Gasteiger partial charge is 0.342 e. The molecule has 0 fully saturated rings. The van der Waals surface area contributed by atoms with Gasteiger partial charge in [-0.15, -0.1) is 23.5 Å². The molecule has 0 aromatic carbocycles. The Bertz CT molecular complexity index is 1050. The maximum absolute atomic E-state index is 13.4. The maximum atomic E-state index is 13.4. The zero-order valence-electron chi connectivity index (χ0n) is 28.2. The number of nitrogens with zero attached hydrogens (tertiary/aromatic N) is 4. The van der Waals surface area contributed by atoms with E-state index in [1.165, 1.54) is 45.5 Å². The quantitative estimate of drug-likeness (QED) is 0.163. The van der Waals surface area contributed by atoms with Gasteiger partial charge in [-0.25, -0.2) is 10.0 Å². The first-order valence-corrected chi connectivity index (χ1v) is 18.4. The average Bonchev–Trinajstić information content (AvgIpc) is 3.10. The van der Waals surface area contributed by atoms with Crippen LogP contribution in [-0.4, -0.2) is 111 Å². The second kappa shape index (κ2) is 24.0. The van der Waals surface area contributed by atoms with Gasteiger partial charge in [-0.05, 0) is 10.8 Å². The number of hydrogen-bond donors (Lipinski definition) is 0. The van der Waals surface area contributed by atoms with Crippen molar-refractivity contribution in [1.82, 2.24) is 19.8 Å². The van der Waals surface area contributed by atoms with E-state index in [1.807, 2.05) is 0 Å². The lowest BCUT2D eigenvalue weighted by molar-refractivity contribution is -0.159. The van der Waals surface area contributed by atoms with E-state index in [-0.39, 0.29) is 113 Å². The first kappa shape index (κ1) is 41.8. The molecule has 14 heteroatoms. The summed E-state index contributed by atoms with van der Waals surface area (Å²) < 4.78 is 0. The second-order valence-corrected chi connectivity index (χ2v) is 13.0. The Morgan fingerprint density at radius 1 is 0.553 bits per heavy atom. The summed E-state index contributed by atoms with van der Waals surface area (Å²) in [6.07, 6.45) is 4.11. The highest BCUT2D eigenvalue weighted by atomic mass is 32.2. The van der Waals surface area contributed by atoms with Crippen LogP contribution in [0.1, 0.15) is 91.9 Å². The third-order valence-corrected chi connectivity index (χ3v) is 9.30. The van der Waals surface area contributed by atoms with Crippen molar-refractivity contribution in [3.63, 3.8) is 0 Å². The molecule has 0 N–H and O–H groups in total. The normalized spacial score (nSPS) is 13.7. The first-order chi connectivity index (χ1) is 22.5. The number of carbonyl (C=O) groups excluding carboxylic acids is 8. The lowest BCUT2D eigenvalue weighted by Gasteiger charge is -2.34. The Labute approximate surface area is 287 Å². The van der Waals surface area contributed by atoms with Crippen LogP contribution in [0.4, 0.5) is 0 Å². The number of carbonyl (C=O) groups is 8. The van der Waals surface area contributed by atoms with E-state index in [1.54, 1.807) is 38.5 Å². The van der Waals surface area contributed by atoms with Gasteiger partial charge in [0.05, 0.1) is 13.1 Å². The summed E-state index contributed by atoms with van der Waals surface area (Å²) in [4.78, 5) is 104. The molecule has 0 saturated carbocycles. The SMILES string of the molecule is CCC(=O)CCN(CCC(=O)CC)C(=O)CCN1C(=O)C=CSCSC=CC(=O)N1CCC(=O)N(CCC(=O)CC)CCC(=O)CC. The van der Waals surface area contributed by atoms with Gasteiger partial charge >= 0.3 is 0 Å². The zero-order chi connectivity index (χ0) is 35.2. The van der Waals surface area contributed by atoms with Crippen molar-refractivity contribution in [2.45, 2.75) is 91.9 Å². The molecule has 12 nitrogen and oxygen atoms in total. The molecule has 0 spiro atoms. The molecule has 1 aliphatic rings. The smallest absolute Gasteiger partial charge is 0.265 e. The number of thioether (sulfide) groups is 2. The van der Waals surface area contributed by atoms with Gasteiger partial charge in [0.25, 0.3) is 11.8 Å². The molecule has 0 aromatic heterocycles. The van der Waals surface area contributed by atoms with Crippen molar-refractivity contribution < 1.29 is 38.4 Å². The fraction of sp³-hybridized carbons (Fsp3) is 0.636. The summed E-state index contributed by atoms with van der Waals surface area (Å²) in [5.74, 6) is -1.94. The summed E-state index contributed by atoms with van der Waals surface area (Å²) in [6.45, 7) is 7.13. The molecule has 1 aliphatic heterocycles. The van der Waals surface area contributed by atoms with Crippen LogP contribution in [0, 0.1) is 0 Å². The molecule has 47 heavy (non-hydrogen) atoms. The van der Waals surface area contributed by atoms with Crippen molar-refractivity contribution in [3.05, 3.63) is 23.0 Å². The maximum Gasteiger partial charge on any atom is 0.265 e. The van der Waals surface area contributed by atoms with E-state index in [0.717, 1.165) is 10.0 Å². The number of amides is 4. The number of hydrogen-bond acceptors (Lipinski definition) is 10. The highest BCUT2D eigenvalue weighted by Crippen LogP contribution is 2.17. The minimum Gasteiger partial charge on any atom is -0.342 e. The lowest BCUT2D eigenvalue weighted by Crippen LogP contribution is -2.51. The summed E-state index contributed by atoms with van der Waals surface area (Å²) in [5.41, 5.74) is 0. The molecule has 4 amide bonds. The van der Waals surface area contributed by atoms with Crippen LogP contribution < -0.4 is 0 Å². The molecular formula is C33H50N4O8S2.